The maximum Gasteiger partial charge on any atom is 0.515 e. The molecule has 0 aromatic heterocycles. The molecule has 94 valence electrons. The van der Waals surface area contributed by atoms with Crippen LogP contribution in [0.4, 0.5) is 18.0 Å². The Balaban J connectivity index is 2.76. The molecule has 0 fully saturated rings. The number of hydrogen-bond donors (Lipinski definition) is 0. The topological polar surface area (TPSA) is 35.5 Å². The van der Waals surface area contributed by atoms with E-state index in [0.29, 0.717) is 6.07 Å². The third-order valence-electron chi connectivity index (χ3n) is 1.62. The maximum absolute atomic E-state index is 12.3. The second-order valence-electron chi connectivity index (χ2n) is 3.04. The summed E-state index contributed by atoms with van der Waals surface area (Å²) in [4.78, 5) is 11.0. The number of carbonyl (C=O) groups excluding carboxylic acids is 1. The van der Waals surface area contributed by atoms with Gasteiger partial charge in [-0.15, -0.1) is 0 Å². The molecule has 0 amide bonds. The number of alkyl halides is 4. The van der Waals surface area contributed by atoms with Crippen molar-refractivity contribution in [2.75, 3.05) is 0 Å². The maximum atomic E-state index is 12.3. The average molecular weight is 269 g/mol. The van der Waals surface area contributed by atoms with Gasteiger partial charge >= 0.3 is 12.3 Å². The summed E-state index contributed by atoms with van der Waals surface area (Å²) in [7, 11) is 0. The summed E-state index contributed by atoms with van der Waals surface area (Å²) in [6.45, 7) is 1.37. The largest absolute Gasteiger partial charge is 0.515 e. The molecule has 0 saturated heterocycles. The van der Waals surface area contributed by atoms with Gasteiger partial charge in [0.05, 0.1) is 5.56 Å². The zero-order chi connectivity index (χ0) is 13.1. The predicted octanol–water partition coefficient (Wildman–Crippen LogP) is 3.81. The third-order valence-corrected chi connectivity index (χ3v) is 1.71. The zero-order valence-corrected chi connectivity index (χ0v) is 9.38. The van der Waals surface area contributed by atoms with E-state index < -0.39 is 23.5 Å². The van der Waals surface area contributed by atoms with Crippen molar-refractivity contribution in [3.63, 3.8) is 0 Å². The number of carbonyl (C=O) groups is 1. The van der Waals surface area contributed by atoms with Gasteiger partial charge in [-0.2, -0.15) is 13.2 Å². The predicted molar refractivity (Wildman–Crippen MR) is 53.9 cm³/mol. The molecule has 1 atom stereocenters. The zero-order valence-electron chi connectivity index (χ0n) is 8.62. The lowest BCUT2D eigenvalue weighted by atomic mass is 10.2. The lowest BCUT2D eigenvalue weighted by Crippen LogP contribution is -2.14. The van der Waals surface area contributed by atoms with E-state index in [9.17, 15) is 18.0 Å². The Morgan fingerprint density at radius 3 is 2.59 bits per heavy atom. The smallest absolute Gasteiger partial charge is 0.415 e. The van der Waals surface area contributed by atoms with E-state index in [1.807, 2.05) is 0 Å². The van der Waals surface area contributed by atoms with Gasteiger partial charge in [0.15, 0.2) is 5.56 Å². The SMILES string of the molecule is C[C@H](Cl)OC(=O)Oc1cccc(C(F)(F)F)c1. The Hall–Kier alpha value is -1.43. The Morgan fingerprint density at radius 1 is 1.41 bits per heavy atom. The van der Waals surface area contributed by atoms with Crippen LogP contribution in [-0.4, -0.2) is 11.7 Å². The fourth-order valence-electron chi connectivity index (χ4n) is 0.989. The van der Waals surface area contributed by atoms with Crippen molar-refractivity contribution in [1.29, 1.82) is 0 Å². The van der Waals surface area contributed by atoms with Crippen molar-refractivity contribution in [2.45, 2.75) is 18.7 Å². The number of benzene rings is 1. The van der Waals surface area contributed by atoms with Gasteiger partial charge in [-0.1, -0.05) is 17.7 Å². The minimum absolute atomic E-state index is 0.262. The first kappa shape index (κ1) is 13.6. The molecule has 0 unspecified atom stereocenters. The molecule has 1 aromatic carbocycles. The normalized spacial score (nSPS) is 13.0. The Labute approximate surface area is 100 Å². The van der Waals surface area contributed by atoms with Gasteiger partial charge in [-0.25, -0.2) is 4.79 Å². The van der Waals surface area contributed by atoms with E-state index in [-0.39, 0.29) is 5.75 Å². The second kappa shape index (κ2) is 5.27. The summed E-state index contributed by atoms with van der Waals surface area (Å²) in [5.41, 5.74) is -1.84. The van der Waals surface area contributed by atoms with Crippen molar-refractivity contribution >= 4 is 17.8 Å². The average Bonchev–Trinajstić information content (AvgIpc) is 2.15. The molecule has 0 aliphatic heterocycles. The van der Waals surface area contributed by atoms with Gasteiger partial charge in [0.25, 0.3) is 0 Å². The monoisotopic (exact) mass is 268 g/mol. The fraction of sp³-hybridized carbons (Fsp3) is 0.300. The van der Waals surface area contributed by atoms with Crippen molar-refractivity contribution in [3.05, 3.63) is 29.8 Å². The van der Waals surface area contributed by atoms with Crippen molar-refractivity contribution in [2.24, 2.45) is 0 Å². The summed E-state index contributed by atoms with van der Waals surface area (Å²) in [5.74, 6) is -0.262. The number of hydrogen-bond acceptors (Lipinski definition) is 3. The van der Waals surface area contributed by atoms with E-state index in [1.165, 1.54) is 13.0 Å². The molecular formula is C10H8ClF3O3. The van der Waals surface area contributed by atoms with E-state index in [1.54, 1.807) is 0 Å². The molecule has 0 spiro atoms. The highest BCUT2D eigenvalue weighted by Crippen LogP contribution is 2.31. The van der Waals surface area contributed by atoms with Crippen LogP contribution in [0.25, 0.3) is 0 Å². The van der Waals surface area contributed by atoms with E-state index in [4.69, 9.17) is 11.6 Å². The molecule has 0 radical (unpaired) electrons. The molecule has 3 nitrogen and oxygen atoms in total. The quantitative estimate of drug-likeness (QED) is 0.465. The van der Waals surface area contributed by atoms with Crippen LogP contribution >= 0.6 is 11.6 Å². The Kier molecular flexibility index (Phi) is 4.22. The molecule has 0 bridgehead atoms. The highest BCUT2D eigenvalue weighted by Gasteiger charge is 2.30. The number of halogens is 4. The van der Waals surface area contributed by atoms with Crippen LogP contribution in [0.5, 0.6) is 5.75 Å². The molecule has 0 aliphatic rings. The fourth-order valence-corrected chi connectivity index (χ4v) is 1.06. The summed E-state index contributed by atoms with van der Waals surface area (Å²) < 4.78 is 45.9. The van der Waals surface area contributed by atoms with E-state index in [2.05, 4.69) is 9.47 Å². The van der Waals surface area contributed by atoms with Gasteiger partial charge in [-0.05, 0) is 25.1 Å². The number of ether oxygens (including phenoxy) is 2. The molecule has 0 saturated carbocycles. The molecule has 1 rings (SSSR count). The van der Waals surface area contributed by atoms with Crippen LogP contribution in [0.1, 0.15) is 12.5 Å². The van der Waals surface area contributed by atoms with Crippen LogP contribution in [0.2, 0.25) is 0 Å². The molecular weight excluding hydrogens is 261 g/mol. The van der Waals surface area contributed by atoms with Gasteiger partial charge in [0, 0.05) is 0 Å². The summed E-state index contributed by atoms with van der Waals surface area (Å²) in [5, 5.41) is 0. The summed E-state index contributed by atoms with van der Waals surface area (Å²) >= 11 is 5.34. The molecule has 1 aromatic rings. The standard InChI is InChI=1S/C10H8ClF3O3/c1-6(11)16-9(15)17-8-4-2-3-7(5-8)10(12,13)14/h2-6H,1H3/t6-/m1/s1. The second-order valence-corrected chi connectivity index (χ2v) is 3.65. The molecule has 17 heavy (non-hydrogen) atoms. The first-order valence-corrected chi connectivity index (χ1v) is 4.92. The molecule has 0 aliphatic carbocycles. The lowest BCUT2D eigenvalue weighted by Gasteiger charge is -2.09. The van der Waals surface area contributed by atoms with Gasteiger partial charge in [-0.3, -0.25) is 0 Å². The van der Waals surface area contributed by atoms with Gasteiger partial charge in [0.2, 0.25) is 0 Å². The molecule has 0 heterocycles. The Morgan fingerprint density at radius 2 is 2.06 bits per heavy atom. The minimum Gasteiger partial charge on any atom is -0.415 e. The van der Waals surface area contributed by atoms with Crippen molar-refractivity contribution in [1.82, 2.24) is 0 Å². The van der Waals surface area contributed by atoms with Crippen LogP contribution < -0.4 is 4.74 Å². The molecule has 0 N–H and O–H groups in total. The van der Waals surface area contributed by atoms with Crippen molar-refractivity contribution in [3.8, 4) is 5.75 Å². The minimum atomic E-state index is -4.50. The van der Waals surface area contributed by atoms with Crippen LogP contribution in [0, 0.1) is 0 Å². The first-order chi connectivity index (χ1) is 7.79. The van der Waals surface area contributed by atoms with E-state index >= 15 is 0 Å². The van der Waals surface area contributed by atoms with Gasteiger partial charge < -0.3 is 9.47 Å². The van der Waals surface area contributed by atoms with Crippen LogP contribution in [0.3, 0.4) is 0 Å². The van der Waals surface area contributed by atoms with Crippen molar-refractivity contribution < 1.29 is 27.4 Å². The highest BCUT2D eigenvalue weighted by molar-refractivity contribution is 6.19. The van der Waals surface area contributed by atoms with Crippen LogP contribution in [-0.2, 0) is 10.9 Å². The first-order valence-electron chi connectivity index (χ1n) is 4.49. The van der Waals surface area contributed by atoms with Crippen LogP contribution in [0.15, 0.2) is 24.3 Å². The Bertz CT molecular complexity index is 404. The number of rotatable bonds is 2. The summed E-state index contributed by atoms with van der Waals surface area (Å²) in [6.07, 6.45) is -5.66. The molecule has 7 heteroatoms. The van der Waals surface area contributed by atoms with Gasteiger partial charge in [0.1, 0.15) is 5.75 Å². The lowest BCUT2D eigenvalue weighted by molar-refractivity contribution is -0.137. The third kappa shape index (κ3) is 4.52. The van der Waals surface area contributed by atoms with E-state index in [0.717, 1.165) is 12.1 Å². The summed E-state index contributed by atoms with van der Waals surface area (Å²) in [6, 6.07) is 3.88. The highest BCUT2D eigenvalue weighted by atomic mass is 35.5.